The first kappa shape index (κ1) is 37.4. The summed E-state index contributed by atoms with van der Waals surface area (Å²) in [5.74, 6) is 2.07. The molecule has 4 aromatic heterocycles. The Morgan fingerprint density at radius 2 is 1.30 bits per heavy atom. The van der Waals surface area contributed by atoms with Gasteiger partial charge in [-0.15, -0.1) is 0 Å². The van der Waals surface area contributed by atoms with Gasteiger partial charge in [-0.25, -0.2) is 0 Å². The number of hydrogen-bond acceptors (Lipinski definition) is 2. The zero-order valence-corrected chi connectivity index (χ0v) is 36.5. The minimum atomic E-state index is 0.611. The van der Waals surface area contributed by atoms with E-state index in [1.165, 1.54) is 44.6 Å². The summed E-state index contributed by atoms with van der Waals surface area (Å²) in [7, 11) is 0. The van der Waals surface area contributed by atoms with E-state index in [1.54, 1.807) is 0 Å². The molecule has 10 aromatic rings. The summed E-state index contributed by atoms with van der Waals surface area (Å²) in [6.07, 6.45) is 8.23. The van der Waals surface area contributed by atoms with Crippen LogP contribution in [0.25, 0.3) is 61.1 Å². The Bertz CT molecular complexity index is 3390. The van der Waals surface area contributed by atoms with Crippen LogP contribution >= 0.6 is 0 Å². The van der Waals surface area contributed by atoms with E-state index in [-0.39, 0.29) is 0 Å². The summed E-state index contributed by atoms with van der Waals surface area (Å²) in [5.41, 5.74) is 18.3. The van der Waals surface area contributed by atoms with Crippen molar-refractivity contribution in [2.75, 3.05) is 0 Å². The third kappa shape index (κ3) is 6.60. The van der Waals surface area contributed by atoms with Gasteiger partial charge >= 0.3 is 261 Å². The maximum absolute atomic E-state index is 6.67. The molecule has 6 heteroatoms. The Hall–Kier alpha value is -6.55. The second kappa shape index (κ2) is 15.2. The SMILES string of the molecule is Cc1cc(-n2c3[c-]c(Oc4[c-]c(-n5cc6c7ccc(n6[c]5=[Pt])CCc5ccc(c(C)c5C)CC7)ccc4)ccc3c3cc(-c4ccccc4)ccc32)ncc1-c1ccccc1. The van der Waals surface area contributed by atoms with Crippen LogP contribution in [0.1, 0.15) is 39.1 Å². The minimum Gasteiger partial charge on any atom is -0.0622 e. The monoisotopic (exact) mass is 969 g/mol. The first-order valence-electron chi connectivity index (χ1n) is 20.9. The van der Waals surface area contributed by atoms with Crippen molar-refractivity contribution in [2.24, 2.45) is 0 Å². The summed E-state index contributed by atoms with van der Waals surface area (Å²) in [4.78, 5) is 5.07. The van der Waals surface area contributed by atoms with Crippen molar-refractivity contribution >= 4 is 27.3 Å². The molecule has 0 unspecified atom stereocenters. The van der Waals surface area contributed by atoms with E-state index in [4.69, 9.17) is 9.72 Å². The van der Waals surface area contributed by atoms with Crippen LogP contribution in [0.4, 0.5) is 0 Å². The zero-order chi connectivity index (χ0) is 41.2. The van der Waals surface area contributed by atoms with Crippen LogP contribution in [0.3, 0.4) is 0 Å². The first-order valence-corrected chi connectivity index (χ1v) is 22.1. The molecule has 0 N–H and O–H groups in total. The van der Waals surface area contributed by atoms with E-state index >= 15 is 0 Å². The molecule has 2 aliphatic carbocycles. The molecule has 5 nitrogen and oxygen atoms in total. The molecule has 14 rings (SSSR count). The van der Waals surface area contributed by atoms with Crippen LogP contribution < -0.4 is 4.74 Å². The van der Waals surface area contributed by atoms with Gasteiger partial charge in [0.25, 0.3) is 0 Å². The van der Waals surface area contributed by atoms with Crippen LogP contribution in [0.15, 0.2) is 152 Å². The molecule has 2 aliphatic heterocycles. The van der Waals surface area contributed by atoms with Crippen molar-refractivity contribution in [1.29, 1.82) is 0 Å². The number of imidazole rings is 1. The van der Waals surface area contributed by atoms with Gasteiger partial charge in [0.2, 0.25) is 0 Å². The van der Waals surface area contributed by atoms with E-state index in [2.05, 4.69) is 187 Å². The number of aromatic nitrogens is 4. The van der Waals surface area contributed by atoms with E-state index in [1.807, 2.05) is 30.5 Å². The third-order valence-corrected chi connectivity index (χ3v) is 13.7. The Kier molecular flexibility index (Phi) is 9.31. The van der Waals surface area contributed by atoms with Gasteiger partial charge in [-0.2, -0.15) is 0 Å². The topological polar surface area (TPSA) is 36.4 Å². The Morgan fingerprint density at radius 1 is 0.590 bits per heavy atom. The van der Waals surface area contributed by atoms with Crippen molar-refractivity contribution in [2.45, 2.75) is 46.5 Å². The zero-order valence-electron chi connectivity index (χ0n) is 34.3. The maximum atomic E-state index is 6.67. The number of fused-ring (bicyclic) bond motifs is 3. The summed E-state index contributed by atoms with van der Waals surface area (Å²) in [6, 6.07) is 56.8. The van der Waals surface area contributed by atoms with E-state index in [9.17, 15) is 0 Å². The predicted octanol–water partition coefficient (Wildman–Crippen LogP) is 12.8. The Balaban J connectivity index is 0.986. The molecule has 0 saturated heterocycles. The molecule has 0 fully saturated rings. The molecule has 300 valence electrons. The smallest absolute Gasteiger partial charge is 0.0622 e. The van der Waals surface area contributed by atoms with Gasteiger partial charge in [-0.3, -0.25) is 0 Å². The molecule has 6 heterocycles. The van der Waals surface area contributed by atoms with Crippen LogP contribution in [0.2, 0.25) is 0 Å². The average Bonchev–Trinajstić information content (AvgIpc) is 3.81. The van der Waals surface area contributed by atoms with Crippen LogP contribution in [0.5, 0.6) is 11.5 Å². The van der Waals surface area contributed by atoms with Crippen LogP contribution in [-0.4, -0.2) is 18.5 Å². The molecule has 4 aliphatic rings. The molecule has 0 amide bonds. The first-order chi connectivity index (χ1) is 29.9. The third-order valence-electron chi connectivity index (χ3n) is 12.7. The number of hydrogen-bond donors (Lipinski definition) is 0. The van der Waals surface area contributed by atoms with Crippen molar-refractivity contribution < 1.29 is 24.1 Å². The fourth-order valence-electron chi connectivity index (χ4n) is 9.22. The minimum absolute atomic E-state index is 0.611. The van der Waals surface area contributed by atoms with E-state index < -0.39 is 0 Å². The van der Waals surface area contributed by atoms with Gasteiger partial charge in [-0.05, 0) is 29.2 Å². The van der Waals surface area contributed by atoms with Crippen molar-refractivity contribution in [3.05, 3.63) is 207 Å². The fraction of sp³-hybridized carbons (Fsp3) is 0.127. The van der Waals surface area contributed by atoms with Gasteiger partial charge in [-0.1, -0.05) is 66.7 Å². The van der Waals surface area contributed by atoms with E-state index in [0.29, 0.717) is 11.5 Å². The Labute approximate surface area is 366 Å². The molecule has 61 heavy (non-hydrogen) atoms. The number of aryl methyl sites for hydroxylation is 5. The summed E-state index contributed by atoms with van der Waals surface area (Å²) in [6.45, 7) is 6.73. The van der Waals surface area contributed by atoms with Crippen molar-refractivity contribution in [3.63, 3.8) is 0 Å². The summed E-state index contributed by atoms with van der Waals surface area (Å²) < 4.78 is 14.7. The van der Waals surface area contributed by atoms with Gasteiger partial charge < -0.3 is 0 Å². The number of benzene rings is 6. The van der Waals surface area contributed by atoms with Crippen LogP contribution in [0, 0.1) is 36.7 Å². The van der Waals surface area contributed by atoms with Gasteiger partial charge in [0.05, 0.1) is 0 Å². The second-order valence-corrected chi connectivity index (χ2v) is 17.2. The number of nitrogens with zero attached hydrogens (tertiary/aromatic N) is 4. The molecule has 0 atom stereocenters. The predicted molar refractivity (Wildman–Crippen MR) is 243 cm³/mol. The molecule has 0 spiro atoms. The normalized spacial score (nSPS) is 12.7. The quantitative estimate of drug-likeness (QED) is 0.156. The van der Waals surface area contributed by atoms with Gasteiger partial charge in [0.15, 0.2) is 0 Å². The molecule has 6 aromatic carbocycles. The summed E-state index contributed by atoms with van der Waals surface area (Å²) in [5, 5.41) is 2.22. The van der Waals surface area contributed by atoms with Crippen molar-refractivity contribution in [1.82, 2.24) is 18.5 Å². The van der Waals surface area contributed by atoms with Gasteiger partial charge in [0.1, 0.15) is 0 Å². The fourth-order valence-corrected chi connectivity index (χ4v) is 10.2. The molecule has 4 bridgehead atoms. The Morgan fingerprint density at radius 3 is 2.07 bits per heavy atom. The number of pyridine rings is 2. The molecule has 0 saturated carbocycles. The number of rotatable bonds is 6. The van der Waals surface area contributed by atoms with E-state index in [0.717, 1.165) is 85.1 Å². The molecule has 0 radical (unpaired) electrons. The number of ether oxygens (including phenoxy) is 1. The molecular weight excluding hydrogens is 928 g/mol. The second-order valence-electron chi connectivity index (χ2n) is 16.2. The van der Waals surface area contributed by atoms with Gasteiger partial charge in [0, 0.05) is 11.8 Å². The summed E-state index contributed by atoms with van der Waals surface area (Å²) >= 11 is 2.48. The standard InChI is InChI=1S/C55H42N4O.Pt/c1-36-29-55(56-33-51(36)42-13-8-5-9-14-42)59-52-28-23-44(41-11-6-4-7-12-41)30-50(52)49-27-26-48(32-53(49)59)60-47-16-10-15-46(31-47)57-34-54-43-20-19-39-17-18-40(38(3)37(39)2)21-24-45(25-22-43)58(54)35-57;/h4-18,22-23,25-30,33-34H,19-21,24H2,1-3H3;/q-2;. The molecular formula is C55H42N4OPt-2. The van der Waals surface area contributed by atoms with Crippen LogP contribution in [-0.2, 0) is 45.0 Å². The van der Waals surface area contributed by atoms with Crippen molar-refractivity contribution in [3.8, 4) is 45.3 Å². The average molecular weight is 970 g/mol.